The number of carbonyl (C=O) groups is 1. The van der Waals surface area contributed by atoms with Crippen LogP contribution in [0.25, 0.3) is 0 Å². The normalized spacial score (nSPS) is 26.3. The summed E-state index contributed by atoms with van der Waals surface area (Å²) < 4.78 is 6.06. The van der Waals surface area contributed by atoms with E-state index in [9.17, 15) is 9.90 Å². The minimum Gasteiger partial charge on any atom is -0.497 e. The van der Waals surface area contributed by atoms with E-state index in [1.165, 1.54) is 71.7 Å². The lowest BCUT2D eigenvalue weighted by Gasteiger charge is -2.27. The van der Waals surface area contributed by atoms with Crippen LogP contribution in [0.1, 0.15) is 39.0 Å². The molecule has 1 atom stereocenters. The smallest absolute Gasteiger partial charge is 0.361 e. The maximum absolute atomic E-state index is 11.7. The quantitative estimate of drug-likeness (QED) is 0.711. The summed E-state index contributed by atoms with van der Waals surface area (Å²) >= 11 is 1.35. The molecular weight excluding hydrogens is 396 g/mol. The Morgan fingerprint density at radius 1 is 1.27 bits per heavy atom. The fourth-order valence-electron chi connectivity index (χ4n) is 5.53. The van der Waals surface area contributed by atoms with Crippen LogP contribution in [0.15, 0.2) is 61.9 Å². The van der Waals surface area contributed by atoms with Gasteiger partial charge in [-0.3, -0.25) is 4.99 Å². The van der Waals surface area contributed by atoms with Crippen LogP contribution >= 0.6 is 11.8 Å². The zero-order valence-electron chi connectivity index (χ0n) is 17.6. The number of ether oxygens (including phenoxy) is 1. The molecule has 0 aromatic heterocycles. The molecule has 30 heavy (non-hydrogen) atoms. The molecule has 1 saturated carbocycles. The highest BCUT2D eigenvalue weighted by molar-refractivity contribution is 8.19. The molecule has 2 aliphatic heterocycles. The van der Waals surface area contributed by atoms with Gasteiger partial charge >= 0.3 is 5.97 Å². The number of likely N-dealkylation sites (N-methyl/N-ethyl adjacent to an activating group) is 1. The van der Waals surface area contributed by atoms with Gasteiger partial charge in [0.2, 0.25) is 0 Å². The molecule has 5 nitrogen and oxygen atoms in total. The molecule has 0 saturated heterocycles. The van der Waals surface area contributed by atoms with E-state index >= 15 is 0 Å². The molecule has 0 radical (unpaired) electrons. The van der Waals surface area contributed by atoms with E-state index in [4.69, 9.17) is 4.74 Å². The van der Waals surface area contributed by atoms with Crippen LogP contribution in [0.5, 0.6) is 0 Å². The number of hydrogen-bond donors (Lipinski definition) is 1. The number of aliphatic carboxylic acids is 1. The van der Waals surface area contributed by atoms with Crippen LogP contribution < -0.4 is 0 Å². The molecule has 3 aliphatic carbocycles. The van der Waals surface area contributed by atoms with Gasteiger partial charge < -0.3 is 14.7 Å². The number of thioether (sulfide) groups is 1. The summed E-state index contributed by atoms with van der Waals surface area (Å²) in [4.78, 5) is 19.4. The lowest BCUT2D eigenvalue weighted by Crippen LogP contribution is -2.21. The van der Waals surface area contributed by atoms with E-state index < -0.39 is 5.97 Å². The average molecular weight is 425 g/mol. The van der Waals surface area contributed by atoms with Crippen molar-refractivity contribution in [1.29, 1.82) is 0 Å². The molecular formula is C24H28N2O3S. The van der Waals surface area contributed by atoms with E-state index in [1.807, 2.05) is 6.92 Å². The third kappa shape index (κ3) is 3.16. The fourth-order valence-corrected chi connectivity index (χ4v) is 6.55. The Morgan fingerprint density at radius 3 is 2.80 bits per heavy atom. The Bertz CT molecular complexity index is 976. The average Bonchev–Trinajstić information content (AvgIpc) is 3.23. The highest BCUT2D eigenvalue weighted by Gasteiger charge is 2.45. The lowest BCUT2D eigenvalue weighted by atomic mass is 9.80. The largest absolute Gasteiger partial charge is 0.497 e. The highest BCUT2D eigenvalue weighted by atomic mass is 32.2. The fraction of sp³-hybridized carbons (Fsp3) is 0.500. The van der Waals surface area contributed by atoms with Crippen LogP contribution in [-0.2, 0) is 9.53 Å². The predicted molar refractivity (Wildman–Crippen MR) is 120 cm³/mol. The summed E-state index contributed by atoms with van der Waals surface area (Å²) in [5.74, 6) is 0.765. The van der Waals surface area contributed by atoms with Gasteiger partial charge in [-0.1, -0.05) is 37.1 Å². The van der Waals surface area contributed by atoms with E-state index in [1.54, 1.807) is 0 Å². The number of nitrogens with zero attached hydrogens (tertiary/aromatic N) is 2. The second-order valence-corrected chi connectivity index (χ2v) is 9.64. The first-order valence-electron chi connectivity index (χ1n) is 11.0. The van der Waals surface area contributed by atoms with Crippen molar-refractivity contribution in [2.24, 2.45) is 16.8 Å². The summed E-state index contributed by atoms with van der Waals surface area (Å²) in [6, 6.07) is 0. The Kier molecular flexibility index (Phi) is 5.13. The first-order valence-corrected chi connectivity index (χ1v) is 11.8. The van der Waals surface area contributed by atoms with Gasteiger partial charge in [-0.15, -0.1) is 0 Å². The minimum atomic E-state index is -0.929. The number of hydrogen-bond acceptors (Lipinski definition) is 5. The van der Waals surface area contributed by atoms with Crippen molar-refractivity contribution < 1.29 is 14.6 Å². The molecule has 0 aromatic rings. The molecule has 0 amide bonds. The molecule has 1 fully saturated rings. The van der Waals surface area contributed by atoms with Crippen molar-refractivity contribution >= 4 is 22.8 Å². The summed E-state index contributed by atoms with van der Waals surface area (Å²) in [5, 5.41) is 9.83. The maximum atomic E-state index is 11.7. The lowest BCUT2D eigenvalue weighted by molar-refractivity contribution is -0.129. The van der Waals surface area contributed by atoms with E-state index in [-0.39, 0.29) is 11.0 Å². The molecule has 1 unspecified atom stereocenters. The second kappa shape index (κ2) is 7.80. The number of carboxylic acids is 1. The molecule has 6 heteroatoms. The summed E-state index contributed by atoms with van der Waals surface area (Å²) in [7, 11) is 2.10. The van der Waals surface area contributed by atoms with Gasteiger partial charge in [0, 0.05) is 24.7 Å². The number of carboxylic acid groups (broad SMARTS) is 1. The number of fused-ring (bicyclic) bond motifs is 4. The van der Waals surface area contributed by atoms with Gasteiger partial charge in [0.05, 0.1) is 19.1 Å². The van der Waals surface area contributed by atoms with Gasteiger partial charge in [0.15, 0.2) is 5.04 Å². The number of allylic oxidation sites excluding steroid dienone is 5. The molecule has 5 rings (SSSR count). The van der Waals surface area contributed by atoms with Crippen molar-refractivity contribution in [2.45, 2.75) is 39.0 Å². The zero-order valence-corrected chi connectivity index (χ0v) is 18.4. The Hall–Kier alpha value is -2.21. The molecule has 0 aromatic carbocycles. The Balaban J connectivity index is 1.67. The van der Waals surface area contributed by atoms with E-state index in [2.05, 4.69) is 35.3 Å². The van der Waals surface area contributed by atoms with Crippen LogP contribution in [-0.4, -0.2) is 47.8 Å². The van der Waals surface area contributed by atoms with Crippen molar-refractivity contribution in [3.8, 4) is 0 Å². The topological polar surface area (TPSA) is 62.1 Å². The maximum Gasteiger partial charge on any atom is 0.361 e. The predicted octanol–water partition coefficient (Wildman–Crippen LogP) is 4.67. The third-order valence-corrected chi connectivity index (χ3v) is 7.86. The van der Waals surface area contributed by atoms with Gasteiger partial charge in [0.25, 0.3) is 0 Å². The summed E-state index contributed by atoms with van der Waals surface area (Å²) in [5.41, 5.74) is 6.59. The minimum absolute atomic E-state index is 0.138. The first kappa shape index (κ1) is 19.7. The molecule has 158 valence electrons. The summed E-state index contributed by atoms with van der Waals surface area (Å²) in [6.07, 6.45) is 12.9. The van der Waals surface area contributed by atoms with E-state index in [0.29, 0.717) is 19.1 Å². The van der Waals surface area contributed by atoms with Crippen molar-refractivity contribution in [3.05, 3.63) is 56.9 Å². The van der Waals surface area contributed by atoms with Crippen molar-refractivity contribution in [2.75, 3.05) is 26.7 Å². The van der Waals surface area contributed by atoms with Gasteiger partial charge in [-0.25, -0.2) is 4.79 Å². The molecule has 0 spiro atoms. The first-order chi connectivity index (χ1) is 14.6. The molecule has 0 bridgehead atoms. The number of aliphatic imine (C=N–C) groups is 1. The standard InChI is InChI=1S/C24H28N2O3S/c1-3-29-18-10-9-16-19(14-7-5-4-6-8-14)21-17(20(16)18)13-26(2)12-15-11-25-23(24(27)28)30-22(15)21/h9-10,13-14,20H,3-8,11-12H2,1-2H3,(H,27,28). The van der Waals surface area contributed by atoms with Crippen molar-refractivity contribution in [1.82, 2.24) is 4.90 Å². The van der Waals surface area contributed by atoms with Gasteiger partial charge in [-0.05, 0) is 59.6 Å². The zero-order chi connectivity index (χ0) is 20.8. The van der Waals surface area contributed by atoms with Crippen LogP contribution in [0.2, 0.25) is 0 Å². The second-order valence-electron chi connectivity index (χ2n) is 8.64. The van der Waals surface area contributed by atoms with Crippen molar-refractivity contribution in [3.63, 3.8) is 0 Å². The van der Waals surface area contributed by atoms with Gasteiger partial charge in [-0.2, -0.15) is 0 Å². The highest BCUT2D eigenvalue weighted by Crippen LogP contribution is 2.57. The Labute approximate surface area is 182 Å². The van der Waals surface area contributed by atoms with Crippen LogP contribution in [0.4, 0.5) is 0 Å². The molecule has 5 aliphatic rings. The molecule has 1 N–H and O–H groups in total. The van der Waals surface area contributed by atoms with Crippen LogP contribution in [0.3, 0.4) is 0 Å². The summed E-state index contributed by atoms with van der Waals surface area (Å²) in [6.45, 7) is 3.93. The van der Waals surface area contributed by atoms with E-state index in [0.717, 1.165) is 17.2 Å². The monoisotopic (exact) mass is 424 g/mol. The Morgan fingerprint density at radius 2 is 2.07 bits per heavy atom. The molecule has 2 heterocycles. The third-order valence-electron chi connectivity index (χ3n) is 6.67. The number of rotatable bonds is 4. The SMILES string of the molecule is CCOC1=CC=C2C(C3CCCCC3)=C3C(=CN(C)CC4=C3SC(C(=O)O)=NC4)C12. The van der Waals surface area contributed by atoms with Gasteiger partial charge in [0.1, 0.15) is 5.76 Å². The van der Waals surface area contributed by atoms with Crippen LogP contribution in [0, 0.1) is 11.8 Å².